The Hall–Kier alpha value is -3.12. The molecule has 5 aromatic rings. The highest BCUT2D eigenvalue weighted by molar-refractivity contribution is 6.24. The molecule has 0 fully saturated rings. The number of hydrogen-bond acceptors (Lipinski definition) is 0. The molecule has 0 nitrogen and oxygen atoms in total. The minimum Gasteiger partial charge on any atom is -0.0616 e. The second-order valence-corrected chi connectivity index (χ2v) is 10.2. The monoisotopic (exact) mass is 384 g/mol. The van der Waals surface area contributed by atoms with Crippen LogP contribution in [-0.2, 0) is 10.8 Å². The molecule has 2 aliphatic carbocycles. The summed E-state index contributed by atoms with van der Waals surface area (Å²) in [5.74, 6) is 0. The molecule has 0 aliphatic heterocycles. The van der Waals surface area contributed by atoms with E-state index >= 15 is 0 Å². The van der Waals surface area contributed by atoms with Crippen LogP contribution in [0.25, 0.3) is 43.4 Å². The lowest BCUT2D eigenvalue weighted by Crippen LogP contribution is -2.30. The summed E-state index contributed by atoms with van der Waals surface area (Å²) >= 11 is 0. The van der Waals surface area contributed by atoms with E-state index < -0.39 is 0 Å². The molecule has 144 valence electrons. The Bertz CT molecular complexity index is 1580. The van der Waals surface area contributed by atoms with Gasteiger partial charge in [0.1, 0.15) is 0 Å². The van der Waals surface area contributed by atoms with E-state index in [0.717, 1.165) is 0 Å². The van der Waals surface area contributed by atoms with E-state index in [1.54, 1.807) is 0 Å². The maximum atomic E-state index is 2.46. The minimum absolute atomic E-state index is 0.00401. The number of hydrogen-bond donors (Lipinski definition) is 0. The topological polar surface area (TPSA) is 0 Å². The smallest absolute Gasteiger partial charge is 0.0159 e. The molecule has 0 aromatic heterocycles. The van der Waals surface area contributed by atoms with Gasteiger partial charge in [0.15, 0.2) is 0 Å². The molecule has 0 heteroatoms. The number of fused-ring (bicyclic) bond motifs is 2. The van der Waals surface area contributed by atoms with Gasteiger partial charge in [-0.05, 0) is 77.8 Å². The van der Waals surface area contributed by atoms with Gasteiger partial charge in [-0.25, -0.2) is 0 Å². The first kappa shape index (κ1) is 16.7. The standard InChI is InChI=1S/C30H24/c1-29(2)21-12-7-10-18-15-20-19-11-6-5-9-17(19)16-24-26(20)28(25(18)21)27-22(29)13-8-14-23(27)30(24,3)4/h5-16H,1-4H3. The van der Waals surface area contributed by atoms with Crippen molar-refractivity contribution in [3.05, 3.63) is 95.1 Å². The van der Waals surface area contributed by atoms with Gasteiger partial charge in [0.2, 0.25) is 0 Å². The summed E-state index contributed by atoms with van der Waals surface area (Å²) in [5, 5.41) is 8.39. The zero-order chi connectivity index (χ0) is 20.4. The molecule has 0 heterocycles. The summed E-state index contributed by atoms with van der Waals surface area (Å²) in [6.07, 6.45) is 0. The first-order valence-corrected chi connectivity index (χ1v) is 11.0. The summed E-state index contributed by atoms with van der Waals surface area (Å²) in [6.45, 7) is 9.61. The molecule has 30 heavy (non-hydrogen) atoms. The average Bonchev–Trinajstić information content (AvgIpc) is 2.74. The first-order valence-electron chi connectivity index (χ1n) is 11.0. The van der Waals surface area contributed by atoms with Crippen LogP contribution in [-0.4, -0.2) is 0 Å². The van der Waals surface area contributed by atoms with Crippen molar-refractivity contribution in [3.63, 3.8) is 0 Å². The quantitative estimate of drug-likeness (QED) is 0.187. The van der Waals surface area contributed by atoms with Crippen LogP contribution in [0.5, 0.6) is 0 Å². The van der Waals surface area contributed by atoms with Crippen LogP contribution in [0.2, 0.25) is 0 Å². The zero-order valence-corrected chi connectivity index (χ0v) is 17.9. The molecule has 2 aliphatic rings. The van der Waals surface area contributed by atoms with Gasteiger partial charge < -0.3 is 0 Å². The van der Waals surface area contributed by atoms with E-state index in [0.29, 0.717) is 0 Å². The Morgan fingerprint density at radius 2 is 1.10 bits per heavy atom. The Morgan fingerprint density at radius 1 is 0.467 bits per heavy atom. The van der Waals surface area contributed by atoms with Gasteiger partial charge in [0.05, 0.1) is 0 Å². The molecule has 7 rings (SSSR count). The highest BCUT2D eigenvalue weighted by atomic mass is 14.4. The highest BCUT2D eigenvalue weighted by Crippen LogP contribution is 2.59. The molecule has 0 amide bonds. The Balaban J connectivity index is 1.90. The molecular weight excluding hydrogens is 360 g/mol. The second kappa shape index (κ2) is 4.95. The van der Waals surface area contributed by atoms with Crippen molar-refractivity contribution in [3.8, 4) is 11.1 Å². The van der Waals surface area contributed by atoms with Crippen molar-refractivity contribution in [1.29, 1.82) is 0 Å². The van der Waals surface area contributed by atoms with Crippen LogP contribution in [0.3, 0.4) is 0 Å². The zero-order valence-electron chi connectivity index (χ0n) is 17.9. The Kier molecular flexibility index (Phi) is 2.75. The van der Waals surface area contributed by atoms with Crippen molar-refractivity contribution >= 4 is 32.3 Å². The third kappa shape index (κ3) is 1.68. The minimum atomic E-state index is -0.0311. The fourth-order valence-electron chi connectivity index (χ4n) is 6.46. The van der Waals surface area contributed by atoms with Crippen LogP contribution < -0.4 is 0 Å². The van der Waals surface area contributed by atoms with E-state index in [1.807, 2.05) is 0 Å². The highest BCUT2D eigenvalue weighted by Gasteiger charge is 2.42. The van der Waals surface area contributed by atoms with Crippen molar-refractivity contribution in [2.45, 2.75) is 38.5 Å². The lowest BCUT2D eigenvalue weighted by atomic mass is 9.60. The lowest BCUT2D eigenvalue weighted by molar-refractivity contribution is 0.619. The number of rotatable bonds is 0. The predicted octanol–water partition coefficient (Wildman–Crippen LogP) is 8.09. The van der Waals surface area contributed by atoms with Gasteiger partial charge in [-0.15, -0.1) is 0 Å². The second-order valence-electron chi connectivity index (χ2n) is 10.2. The summed E-state index contributed by atoms with van der Waals surface area (Å²) in [4.78, 5) is 0. The van der Waals surface area contributed by atoms with Crippen molar-refractivity contribution in [2.75, 3.05) is 0 Å². The van der Waals surface area contributed by atoms with E-state index in [2.05, 4.69) is 100 Å². The summed E-state index contributed by atoms with van der Waals surface area (Å²) < 4.78 is 0. The van der Waals surface area contributed by atoms with Crippen molar-refractivity contribution in [2.24, 2.45) is 0 Å². The third-order valence-corrected chi connectivity index (χ3v) is 7.99. The molecule has 0 N–H and O–H groups in total. The molecule has 0 radical (unpaired) electrons. The van der Waals surface area contributed by atoms with Crippen molar-refractivity contribution in [1.82, 2.24) is 0 Å². The van der Waals surface area contributed by atoms with Crippen molar-refractivity contribution < 1.29 is 0 Å². The van der Waals surface area contributed by atoms with Gasteiger partial charge in [0, 0.05) is 10.8 Å². The molecular formula is C30H24. The Labute approximate surface area is 177 Å². The fraction of sp³-hybridized carbons (Fsp3) is 0.200. The average molecular weight is 385 g/mol. The molecule has 0 atom stereocenters. The molecule has 0 saturated carbocycles. The van der Waals surface area contributed by atoms with E-state index in [-0.39, 0.29) is 10.8 Å². The largest absolute Gasteiger partial charge is 0.0616 e. The molecule has 0 bridgehead atoms. The van der Waals surface area contributed by atoms with Crippen LogP contribution in [0.15, 0.2) is 72.8 Å². The molecule has 0 unspecified atom stereocenters. The number of benzene rings is 5. The van der Waals surface area contributed by atoms with Crippen LogP contribution >= 0.6 is 0 Å². The fourth-order valence-corrected chi connectivity index (χ4v) is 6.46. The van der Waals surface area contributed by atoms with E-state index in [1.165, 1.54) is 65.7 Å². The first-order chi connectivity index (χ1) is 14.4. The van der Waals surface area contributed by atoms with Gasteiger partial charge >= 0.3 is 0 Å². The lowest BCUT2D eigenvalue weighted by Gasteiger charge is -2.43. The van der Waals surface area contributed by atoms with Gasteiger partial charge in [-0.2, -0.15) is 0 Å². The van der Waals surface area contributed by atoms with Gasteiger partial charge in [-0.1, -0.05) is 88.4 Å². The summed E-state index contributed by atoms with van der Waals surface area (Å²) in [5.41, 5.74) is 8.80. The Morgan fingerprint density at radius 3 is 1.90 bits per heavy atom. The van der Waals surface area contributed by atoms with Crippen LogP contribution in [0, 0.1) is 0 Å². The summed E-state index contributed by atoms with van der Waals surface area (Å²) in [7, 11) is 0. The van der Waals surface area contributed by atoms with E-state index in [9.17, 15) is 0 Å². The van der Waals surface area contributed by atoms with Gasteiger partial charge in [-0.3, -0.25) is 0 Å². The molecule has 0 saturated heterocycles. The third-order valence-electron chi connectivity index (χ3n) is 7.99. The summed E-state index contributed by atoms with van der Waals surface area (Å²) in [6, 6.07) is 27.7. The van der Waals surface area contributed by atoms with Crippen LogP contribution in [0.1, 0.15) is 49.9 Å². The predicted molar refractivity (Wildman–Crippen MR) is 129 cm³/mol. The van der Waals surface area contributed by atoms with Gasteiger partial charge in [0.25, 0.3) is 0 Å². The molecule has 0 spiro atoms. The van der Waals surface area contributed by atoms with Crippen LogP contribution in [0.4, 0.5) is 0 Å². The maximum absolute atomic E-state index is 2.46. The van der Waals surface area contributed by atoms with E-state index in [4.69, 9.17) is 0 Å². The maximum Gasteiger partial charge on any atom is 0.0159 e. The SMILES string of the molecule is CC1(C)c2cccc3c2-c2c4c1cccc4cc1c2c(cc2ccccc21)C3(C)C. The normalized spacial score (nSPS) is 17.2. The molecule has 5 aromatic carbocycles.